The van der Waals surface area contributed by atoms with Crippen molar-refractivity contribution in [2.24, 2.45) is 0 Å². The lowest BCUT2D eigenvalue weighted by Crippen LogP contribution is -2.11. The molecule has 0 atom stereocenters. The van der Waals surface area contributed by atoms with Gasteiger partial charge in [0.05, 0.1) is 11.1 Å². The molecule has 4 nitrogen and oxygen atoms in total. The van der Waals surface area contributed by atoms with Crippen LogP contribution >= 0.6 is 11.6 Å². The highest BCUT2D eigenvalue weighted by Crippen LogP contribution is 2.43. The van der Waals surface area contributed by atoms with E-state index in [1.807, 2.05) is 54.6 Å². The number of halogens is 1. The second-order valence-electron chi connectivity index (χ2n) is 8.03. The topological polar surface area (TPSA) is 47.2 Å². The Morgan fingerprint density at radius 2 is 1.44 bits per heavy atom. The van der Waals surface area contributed by atoms with E-state index in [1.54, 1.807) is 24.3 Å². The number of nitrogens with zero attached hydrogens (tertiary/aromatic N) is 1. The molecule has 164 valence electrons. The molecule has 5 heteroatoms. The molecule has 0 unspecified atom stereocenters. The normalized spacial score (nSPS) is 11.2. The first kappa shape index (κ1) is 20.3. The van der Waals surface area contributed by atoms with Gasteiger partial charge in [0.25, 0.3) is 5.91 Å². The minimum Gasteiger partial charge on any atom is -0.440 e. The largest absolute Gasteiger partial charge is 0.440 e. The molecular weight excluding hydrogens is 444 g/mol. The van der Waals surface area contributed by atoms with Crippen molar-refractivity contribution in [1.29, 1.82) is 0 Å². The number of amides is 1. The molecule has 1 amide bonds. The number of nitrogens with one attached hydrogen (secondary N) is 1. The fourth-order valence-electron chi connectivity index (χ4n) is 4.36. The molecule has 0 spiro atoms. The molecule has 0 radical (unpaired) electrons. The third-order valence-corrected chi connectivity index (χ3v) is 6.20. The fraction of sp³-hybridized carbons (Fsp3) is 0. The lowest BCUT2D eigenvalue weighted by Gasteiger charge is -2.06. The van der Waals surface area contributed by atoms with Gasteiger partial charge in [-0.25, -0.2) is 0 Å². The molecule has 4 aromatic carbocycles. The highest BCUT2D eigenvalue weighted by Gasteiger charge is 2.22. The summed E-state index contributed by atoms with van der Waals surface area (Å²) in [4.78, 5) is 13.1. The third-order valence-electron chi connectivity index (χ3n) is 5.94. The van der Waals surface area contributed by atoms with Crippen molar-refractivity contribution in [2.45, 2.75) is 0 Å². The molecule has 34 heavy (non-hydrogen) atoms. The summed E-state index contributed by atoms with van der Waals surface area (Å²) < 4.78 is 8.33. The number of para-hydroxylation sites is 3. The van der Waals surface area contributed by atoms with E-state index in [1.165, 1.54) is 0 Å². The number of hydrogen-bond donors (Lipinski definition) is 1. The van der Waals surface area contributed by atoms with Gasteiger partial charge in [-0.1, -0.05) is 66.2 Å². The second-order valence-corrected chi connectivity index (χ2v) is 8.47. The zero-order valence-electron chi connectivity index (χ0n) is 18.0. The molecule has 0 bridgehead atoms. The highest BCUT2D eigenvalue weighted by atomic mass is 35.5. The van der Waals surface area contributed by atoms with Gasteiger partial charge in [-0.3, -0.25) is 10.1 Å². The van der Waals surface area contributed by atoms with E-state index in [0.29, 0.717) is 22.1 Å². The Hall–Kier alpha value is -4.28. The van der Waals surface area contributed by atoms with Crippen LogP contribution in [-0.4, -0.2) is 10.5 Å². The Kier molecular flexibility index (Phi) is 4.93. The molecule has 0 saturated heterocycles. The molecule has 6 aromatic rings. The number of rotatable bonds is 4. The van der Waals surface area contributed by atoms with Crippen molar-refractivity contribution in [3.05, 3.63) is 120 Å². The van der Waals surface area contributed by atoms with Crippen molar-refractivity contribution in [2.75, 3.05) is 5.32 Å². The van der Waals surface area contributed by atoms with Gasteiger partial charge in [0.1, 0.15) is 5.58 Å². The lowest BCUT2D eigenvalue weighted by atomic mass is 10.0. The van der Waals surface area contributed by atoms with E-state index >= 15 is 0 Å². The standard InChI is InChI=1S/C29H19ClN2O2/c30-20-16-14-19(15-17-20)28(33)31-29-27(23-11-5-7-13-26(23)34-29)24-18-32(21-8-2-1-3-9-21)25-12-6-4-10-22(24)25/h1-18H,(H,31,33). The summed E-state index contributed by atoms with van der Waals surface area (Å²) in [7, 11) is 0. The number of carbonyl (C=O) groups excluding carboxylic acids is 1. The zero-order chi connectivity index (χ0) is 23.1. The van der Waals surface area contributed by atoms with Gasteiger partial charge in [-0.05, 0) is 48.5 Å². The van der Waals surface area contributed by atoms with E-state index in [4.69, 9.17) is 16.0 Å². The smallest absolute Gasteiger partial charge is 0.257 e. The summed E-state index contributed by atoms with van der Waals surface area (Å²) in [5.41, 5.74) is 5.18. The van der Waals surface area contributed by atoms with Crippen LogP contribution in [0.4, 0.5) is 5.88 Å². The van der Waals surface area contributed by atoms with Crippen LogP contribution in [0.1, 0.15) is 10.4 Å². The summed E-state index contributed by atoms with van der Waals surface area (Å²) in [5, 5.41) is 5.57. The van der Waals surface area contributed by atoms with Crippen LogP contribution in [0.15, 0.2) is 114 Å². The van der Waals surface area contributed by atoms with E-state index < -0.39 is 0 Å². The molecule has 0 aliphatic rings. The van der Waals surface area contributed by atoms with Crippen LogP contribution in [-0.2, 0) is 0 Å². The first-order valence-corrected chi connectivity index (χ1v) is 11.3. The number of carbonyl (C=O) groups is 1. The second kappa shape index (κ2) is 8.25. The molecule has 0 fully saturated rings. The van der Waals surface area contributed by atoms with Crippen LogP contribution < -0.4 is 5.32 Å². The molecule has 0 aliphatic carbocycles. The highest BCUT2D eigenvalue weighted by molar-refractivity contribution is 6.30. The predicted octanol–water partition coefficient (Wildman–Crippen LogP) is 7.95. The van der Waals surface area contributed by atoms with Crippen molar-refractivity contribution in [3.8, 4) is 16.8 Å². The number of anilines is 1. The Morgan fingerprint density at radius 3 is 2.24 bits per heavy atom. The van der Waals surface area contributed by atoms with E-state index in [2.05, 4.69) is 40.3 Å². The summed E-state index contributed by atoms with van der Waals surface area (Å²) >= 11 is 5.99. The zero-order valence-corrected chi connectivity index (χ0v) is 18.8. The van der Waals surface area contributed by atoms with Crippen molar-refractivity contribution < 1.29 is 9.21 Å². The van der Waals surface area contributed by atoms with E-state index in [9.17, 15) is 4.79 Å². The average molecular weight is 463 g/mol. The Bertz CT molecular complexity index is 1650. The summed E-state index contributed by atoms with van der Waals surface area (Å²) in [6.07, 6.45) is 2.11. The molecule has 2 aromatic heterocycles. The van der Waals surface area contributed by atoms with Crippen LogP contribution in [0.3, 0.4) is 0 Å². The molecule has 0 aliphatic heterocycles. The number of aromatic nitrogens is 1. The van der Waals surface area contributed by atoms with Gasteiger partial charge < -0.3 is 8.98 Å². The summed E-state index contributed by atoms with van der Waals surface area (Å²) in [6, 6.07) is 33.1. The third kappa shape index (κ3) is 3.45. The molecule has 2 heterocycles. The summed E-state index contributed by atoms with van der Waals surface area (Å²) in [5.74, 6) is 0.154. The maximum atomic E-state index is 13.1. The van der Waals surface area contributed by atoms with Crippen molar-refractivity contribution >= 4 is 45.3 Å². The Labute approximate surface area is 201 Å². The lowest BCUT2D eigenvalue weighted by molar-refractivity contribution is 0.102. The maximum absolute atomic E-state index is 13.1. The van der Waals surface area contributed by atoms with Gasteiger partial charge in [-0.2, -0.15) is 0 Å². The SMILES string of the molecule is O=C(Nc1oc2ccccc2c1-c1cn(-c2ccccc2)c2ccccc12)c1ccc(Cl)cc1. The van der Waals surface area contributed by atoms with Crippen LogP contribution in [0.25, 0.3) is 38.7 Å². The first-order chi connectivity index (χ1) is 16.7. The first-order valence-electron chi connectivity index (χ1n) is 10.9. The van der Waals surface area contributed by atoms with Crippen LogP contribution in [0, 0.1) is 0 Å². The molecule has 0 saturated carbocycles. The average Bonchev–Trinajstić information content (AvgIpc) is 3.43. The number of hydrogen-bond acceptors (Lipinski definition) is 2. The van der Waals surface area contributed by atoms with E-state index in [-0.39, 0.29) is 5.91 Å². The predicted molar refractivity (Wildman–Crippen MR) is 138 cm³/mol. The Morgan fingerprint density at radius 1 is 0.765 bits per heavy atom. The maximum Gasteiger partial charge on any atom is 0.257 e. The number of fused-ring (bicyclic) bond motifs is 2. The monoisotopic (exact) mass is 462 g/mol. The molecule has 6 rings (SSSR count). The van der Waals surface area contributed by atoms with Crippen LogP contribution in [0.2, 0.25) is 5.02 Å². The number of furan rings is 1. The quantitative estimate of drug-likeness (QED) is 0.289. The Balaban J connectivity index is 1.55. The van der Waals surface area contributed by atoms with Gasteiger partial charge in [0, 0.05) is 38.8 Å². The fourth-order valence-corrected chi connectivity index (χ4v) is 4.48. The van der Waals surface area contributed by atoms with Crippen molar-refractivity contribution in [3.63, 3.8) is 0 Å². The van der Waals surface area contributed by atoms with Gasteiger partial charge in [-0.15, -0.1) is 0 Å². The number of benzene rings is 4. The molecular formula is C29H19ClN2O2. The van der Waals surface area contributed by atoms with Gasteiger partial charge >= 0.3 is 0 Å². The van der Waals surface area contributed by atoms with Crippen LogP contribution in [0.5, 0.6) is 0 Å². The van der Waals surface area contributed by atoms with Gasteiger partial charge in [0.2, 0.25) is 5.88 Å². The van der Waals surface area contributed by atoms with Crippen molar-refractivity contribution in [1.82, 2.24) is 4.57 Å². The minimum absolute atomic E-state index is 0.260. The summed E-state index contributed by atoms with van der Waals surface area (Å²) in [6.45, 7) is 0. The van der Waals surface area contributed by atoms with Gasteiger partial charge in [0.15, 0.2) is 0 Å². The molecule has 1 N–H and O–H groups in total. The van der Waals surface area contributed by atoms with E-state index in [0.717, 1.165) is 33.1 Å². The minimum atomic E-state index is -0.260.